The molecule has 0 saturated heterocycles. The third kappa shape index (κ3) is 6.27. The largest absolute Gasteiger partial charge is 0.495 e. The Morgan fingerprint density at radius 1 is 0.846 bits per heavy atom. The summed E-state index contributed by atoms with van der Waals surface area (Å²) < 4.78 is 38.7. The molecule has 0 aliphatic rings. The van der Waals surface area contributed by atoms with Gasteiger partial charge in [-0.25, -0.2) is 13.2 Å². The van der Waals surface area contributed by atoms with Gasteiger partial charge in [0.05, 0.1) is 28.9 Å². The SMILES string of the molecule is COc1ccc(C)cc1NC(=O)[C@H](OC(=O)c1cccc(S(=O)(=O)N(C)c2ccccc2)c1)c1ccccc1. The molecule has 1 amide bonds. The normalized spacial score (nSPS) is 11.8. The van der Waals surface area contributed by atoms with Crippen molar-refractivity contribution in [2.45, 2.75) is 17.9 Å². The number of amides is 1. The van der Waals surface area contributed by atoms with E-state index in [9.17, 15) is 18.0 Å². The smallest absolute Gasteiger partial charge is 0.339 e. The van der Waals surface area contributed by atoms with Gasteiger partial charge in [-0.1, -0.05) is 60.7 Å². The number of aryl methyl sites for hydroxylation is 1. The second-order valence-corrected chi connectivity index (χ2v) is 10.7. The number of para-hydroxylation sites is 1. The second-order valence-electron chi connectivity index (χ2n) is 8.72. The molecule has 0 bridgehead atoms. The van der Waals surface area contributed by atoms with E-state index in [1.807, 2.05) is 13.0 Å². The van der Waals surface area contributed by atoms with Gasteiger partial charge in [0.25, 0.3) is 15.9 Å². The zero-order valence-corrected chi connectivity index (χ0v) is 22.5. The molecule has 1 atom stereocenters. The molecular weight excluding hydrogens is 516 g/mol. The fourth-order valence-corrected chi connectivity index (χ4v) is 5.15. The van der Waals surface area contributed by atoms with Crippen LogP contribution >= 0.6 is 0 Å². The average Bonchev–Trinajstić information content (AvgIpc) is 2.96. The monoisotopic (exact) mass is 544 g/mol. The molecule has 4 rings (SSSR count). The summed E-state index contributed by atoms with van der Waals surface area (Å²) in [6.45, 7) is 1.88. The van der Waals surface area contributed by atoms with Crippen LogP contribution in [0.4, 0.5) is 11.4 Å². The van der Waals surface area contributed by atoms with E-state index < -0.39 is 28.0 Å². The molecule has 0 aliphatic carbocycles. The lowest BCUT2D eigenvalue weighted by molar-refractivity contribution is -0.125. The fraction of sp³-hybridized carbons (Fsp3) is 0.133. The van der Waals surface area contributed by atoms with Gasteiger partial charge in [0.15, 0.2) is 0 Å². The summed E-state index contributed by atoms with van der Waals surface area (Å²) in [6, 6.07) is 28.0. The number of benzene rings is 4. The number of sulfonamides is 1. The lowest BCUT2D eigenvalue weighted by Gasteiger charge is -2.21. The average molecular weight is 545 g/mol. The van der Waals surface area contributed by atoms with Gasteiger partial charge in [-0.3, -0.25) is 9.10 Å². The molecule has 0 aromatic heterocycles. The Labute approximate surface area is 227 Å². The van der Waals surface area contributed by atoms with Gasteiger partial charge >= 0.3 is 5.97 Å². The van der Waals surface area contributed by atoms with Crippen LogP contribution in [0.1, 0.15) is 27.6 Å². The Hall–Kier alpha value is -4.63. The third-order valence-electron chi connectivity index (χ3n) is 6.03. The molecule has 4 aromatic rings. The molecule has 9 heteroatoms. The molecule has 39 heavy (non-hydrogen) atoms. The zero-order valence-electron chi connectivity index (χ0n) is 21.7. The van der Waals surface area contributed by atoms with Crippen LogP contribution in [-0.4, -0.2) is 34.5 Å². The van der Waals surface area contributed by atoms with E-state index in [0.717, 1.165) is 9.87 Å². The summed E-state index contributed by atoms with van der Waals surface area (Å²) in [5, 5.41) is 2.78. The Balaban J connectivity index is 1.61. The highest BCUT2D eigenvalue weighted by Gasteiger charge is 2.28. The van der Waals surface area contributed by atoms with Gasteiger partial charge < -0.3 is 14.8 Å². The van der Waals surface area contributed by atoms with Crippen molar-refractivity contribution in [3.8, 4) is 5.75 Å². The molecule has 8 nitrogen and oxygen atoms in total. The van der Waals surface area contributed by atoms with Crippen molar-refractivity contribution in [1.29, 1.82) is 0 Å². The maximum Gasteiger partial charge on any atom is 0.339 e. The quantitative estimate of drug-likeness (QED) is 0.285. The molecule has 1 N–H and O–H groups in total. The van der Waals surface area contributed by atoms with Gasteiger partial charge in [0.2, 0.25) is 6.10 Å². The molecule has 0 unspecified atom stereocenters. The van der Waals surface area contributed by atoms with Crippen molar-refractivity contribution in [1.82, 2.24) is 0 Å². The Morgan fingerprint density at radius 3 is 2.18 bits per heavy atom. The van der Waals surface area contributed by atoms with Gasteiger partial charge in [0.1, 0.15) is 5.75 Å². The van der Waals surface area contributed by atoms with Gasteiger partial charge in [0, 0.05) is 12.6 Å². The molecular formula is C30H28N2O6S. The number of methoxy groups -OCH3 is 1. The number of nitrogens with one attached hydrogen (secondary N) is 1. The maximum atomic E-state index is 13.4. The van der Waals surface area contributed by atoms with Crippen molar-refractivity contribution in [2.75, 3.05) is 23.8 Å². The summed E-state index contributed by atoms with van der Waals surface area (Å²) >= 11 is 0. The molecule has 0 radical (unpaired) electrons. The number of hydrogen-bond acceptors (Lipinski definition) is 6. The molecule has 0 saturated carbocycles. The number of carbonyl (C=O) groups excluding carboxylic acids is 2. The van der Waals surface area contributed by atoms with Crippen LogP contribution in [0.2, 0.25) is 0 Å². The molecule has 0 aliphatic heterocycles. The topological polar surface area (TPSA) is 102 Å². The summed E-state index contributed by atoms with van der Waals surface area (Å²) in [4.78, 5) is 26.5. The van der Waals surface area contributed by atoms with Crippen LogP contribution in [-0.2, 0) is 19.6 Å². The first-order valence-electron chi connectivity index (χ1n) is 12.1. The first-order valence-corrected chi connectivity index (χ1v) is 13.5. The van der Waals surface area contributed by atoms with E-state index in [2.05, 4.69) is 5.32 Å². The van der Waals surface area contributed by atoms with Gasteiger partial charge in [-0.05, 0) is 55.0 Å². The fourth-order valence-electron chi connectivity index (χ4n) is 3.91. The predicted octanol–water partition coefficient (Wildman–Crippen LogP) is 5.37. The number of ether oxygens (including phenoxy) is 2. The highest BCUT2D eigenvalue weighted by molar-refractivity contribution is 7.92. The predicted molar refractivity (Wildman–Crippen MR) is 149 cm³/mol. The highest BCUT2D eigenvalue weighted by atomic mass is 32.2. The van der Waals surface area contributed by atoms with Gasteiger partial charge in [-0.2, -0.15) is 0 Å². The second kappa shape index (κ2) is 11.8. The summed E-state index contributed by atoms with van der Waals surface area (Å²) in [7, 11) is -1.04. The summed E-state index contributed by atoms with van der Waals surface area (Å²) in [6.07, 6.45) is -1.31. The lowest BCUT2D eigenvalue weighted by Crippen LogP contribution is -2.27. The van der Waals surface area contributed by atoms with Crippen molar-refractivity contribution >= 4 is 33.3 Å². The molecule has 4 aromatic carbocycles. The van der Waals surface area contributed by atoms with Crippen LogP contribution in [0.15, 0.2) is 108 Å². The molecule has 0 heterocycles. The number of hydrogen-bond donors (Lipinski definition) is 1. The number of esters is 1. The summed E-state index contributed by atoms with van der Waals surface area (Å²) in [5.41, 5.74) is 2.23. The number of carbonyl (C=O) groups is 2. The number of anilines is 2. The third-order valence-corrected chi connectivity index (χ3v) is 7.81. The first kappa shape index (κ1) is 27.4. The van der Waals surface area contributed by atoms with Crippen molar-refractivity contribution in [2.24, 2.45) is 0 Å². The van der Waals surface area contributed by atoms with Crippen LogP contribution in [0.25, 0.3) is 0 Å². The minimum absolute atomic E-state index is 0.0144. The first-order chi connectivity index (χ1) is 18.7. The van der Waals surface area contributed by atoms with Crippen LogP contribution < -0.4 is 14.4 Å². The Bertz CT molecular complexity index is 1570. The minimum Gasteiger partial charge on any atom is -0.495 e. The lowest BCUT2D eigenvalue weighted by atomic mass is 10.1. The standard InChI is InChI=1S/C30H28N2O6S/c1-21-17-18-27(37-3)26(19-21)31-29(33)28(22-11-6-4-7-12-22)38-30(34)23-13-10-16-25(20-23)39(35,36)32(2)24-14-8-5-9-15-24/h4-20,28H,1-3H3,(H,31,33)/t28-/m1/s1. The molecule has 0 fully saturated rings. The minimum atomic E-state index is -3.97. The van der Waals surface area contributed by atoms with Crippen LogP contribution in [0.5, 0.6) is 5.75 Å². The van der Waals surface area contributed by atoms with Crippen molar-refractivity contribution in [3.63, 3.8) is 0 Å². The highest BCUT2D eigenvalue weighted by Crippen LogP contribution is 2.29. The van der Waals surface area contributed by atoms with Gasteiger partial charge in [-0.15, -0.1) is 0 Å². The number of rotatable bonds is 9. The zero-order chi connectivity index (χ0) is 28.0. The number of nitrogens with zero attached hydrogens (tertiary/aromatic N) is 1. The van der Waals surface area contributed by atoms with Crippen molar-refractivity contribution < 1.29 is 27.5 Å². The van der Waals surface area contributed by atoms with E-state index in [0.29, 0.717) is 22.7 Å². The van der Waals surface area contributed by atoms with E-state index in [1.54, 1.807) is 72.8 Å². The molecule has 0 spiro atoms. The molecule has 200 valence electrons. The van der Waals surface area contributed by atoms with E-state index in [4.69, 9.17) is 9.47 Å². The van der Waals surface area contributed by atoms with Crippen LogP contribution in [0.3, 0.4) is 0 Å². The van der Waals surface area contributed by atoms with E-state index in [1.165, 1.54) is 38.4 Å². The summed E-state index contributed by atoms with van der Waals surface area (Å²) in [5.74, 6) is -0.992. The van der Waals surface area contributed by atoms with Crippen LogP contribution in [0, 0.1) is 6.92 Å². The maximum absolute atomic E-state index is 13.4. The van der Waals surface area contributed by atoms with Crippen molar-refractivity contribution in [3.05, 3.63) is 120 Å². The van der Waals surface area contributed by atoms with E-state index >= 15 is 0 Å². The Morgan fingerprint density at radius 2 is 1.51 bits per heavy atom. The van der Waals surface area contributed by atoms with E-state index in [-0.39, 0.29) is 10.5 Å². The Kier molecular flexibility index (Phi) is 8.31.